The quantitative estimate of drug-likeness (QED) is 0.304. The fourth-order valence-corrected chi connectivity index (χ4v) is 11.6. The summed E-state index contributed by atoms with van der Waals surface area (Å²) in [5.74, 6) is 3.05. The van der Waals surface area contributed by atoms with E-state index in [-0.39, 0.29) is 18.2 Å². The fraction of sp³-hybridized carbons (Fsp3) is 0.367. The van der Waals surface area contributed by atoms with E-state index in [0.717, 1.165) is 37.9 Å². The Morgan fingerprint density at radius 3 is 2.44 bits per heavy atom. The van der Waals surface area contributed by atoms with E-state index < -0.39 is 0 Å². The van der Waals surface area contributed by atoms with Crippen LogP contribution in [0.25, 0.3) is 0 Å². The summed E-state index contributed by atoms with van der Waals surface area (Å²) in [6.07, 6.45) is 41.1. The van der Waals surface area contributed by atoms with E-state index in [1.807, 2.05) is 0 Å². The molecular formula is C49H51N5. The maximum atomic E-state index is 5.42. The number of para-hydroxylation sites is 1. The van der Waals surface area contributed by atoms with Crippen LogP contribution in [-0.2, 0) is 0 Å². The first-order chi connectivity index (χ1) is 26.8. The summed E-state index contributed by atoms with van der Waals surface area (Å²) in [6, 6.07) is 23.8. The van der Waals surface area contributed by atoms with E-state index in [0.29, 0.717) is 41.9 Å². The number of hydrogen-bond acceptors (Lipinski definition) is 5. The molecule has 10 atom stereocenters. The predicted octanol–water partition coefficient (Wildman–Crippen LogP) is 9.39. The molecule has 2 aromatic rings. The van der Waals surface area contributed by atoms with Gasteiger partial charge < -0.3 is 15.1 Å². The minimum atomic E-state index is -0.0582. The number of anilines is 1. The lowest BCUT2D eigenvalue weighted by molar-refractivity contribution is 0.180. The molecule has 0 amide bonds. The second kappa shape index (κ2) is 13.5. The average Bonchev–Trinajstić information content (AvgIpc) is 3.77. The van der Waals surface area contributed by atoms with Crippen LogP contribution in [0, 0.1) is 23.7 Å². The highest BCUT2D eigenvalue weighted by Gasteiger charge is 2.57. The summed E-state index contributed by atoms with van der Waals surface area (Å²) in [4.78, 5) is 11.1. The van der Waals surface area contributed by atoms with Crippen LogP contribution in [0.1, 0.15) is 63.1 Å². The molecule has 5 heteroatoms. The molecule has 11 rings (SSSR count). The number of fused-ring (bicyclic) bond motifs is 7. The third-order valence-corrected chi connectivity index (χ3v) is 13.9. The van der Waals surface area contributed by atoms with Crippen LogP contribution < -0.4 is 15.5 Å². The summed E-state index contributed by atoms with van der Waals surface area (Å²) in [5, 5.41) is 7.70. The first-order valence-electron chi connectivity index (χ1n) is 20.8. The van der Waals surface area contributed by atoms with Gasteiger partial charge in [0.1, 0.15) is 18.2 Å². The number of nitrogens with one attached hydrogen (secondary N) is 2. The standard InChI is InChI=1S/C49H51N5/c1-4-15-32(16-5-1)47-50-48(33-17-6-2-7-18-33)52-49(51-47)38-24-14-19-34-31-36(27-28-37(34)38)54-42-26-13-11-23-40(42)46-44(54)30-29-43-45(46)39-22-10-12-25-41(39)53(43)35-20-8-3-9-21-35/h1,3-6,8-10,13-22,26,28-31,36,38-39,41,43-48,50H,2,7,11-12,23-25,27H2,(H,51,52). The van der Waals surface area contributed by atoms with Crippen molar-refractivity contribution in [3.63, 3.8) is 0 Å². The van der Waals surface area contributed by atoms with Crippen molar-refractivity contribution in [3.8, 4) is 0 Å². The summed E-state index contributed by atoms with van der Waals surface area (Å²) >= 11 is 0. The van der Waals surface area contributed by atoms with Crippen LogP contribution in [0.5, 0.6) is 0 Å². The van der Waals surface area contributed by atoms with Crippen molar-refractivity contribution >= 4 is 11.5 Å². The lowest BCUT2D eigenvalue weighted by atomic mass is 9.67. The van der Waals surface area contributed by atoms with Gasteiger partial charge >= 0.3 is 0 Å². The van der Waals surface area contributed by atoms with Gasteiger partial charge in [-0.3, -0.25) is 5.32 Å². The number of hydrogen-bond donors (Lipinski definition) is 2. The van der Waals surface area contributed by atoms with Gasteiger partial charge in [-0.25, -0.2) is 4.99 Å². The van der Waals surface area contributed by atoms with Gasteiger partial charge in [0.15, 0.2) is 0 Å². The minimum absolute atomic E-state index is 0.00843. The van der Waals surface area contributed by atoms with Gasteiger partial charge in [-0.1, -0.05) is 121 Å². The number of aliphatic imine (C=N–C) groups is 1. The highest BCUT2D eigenvalue weighted by molar-refractivity contribution is 5.90. The zero-order chi connectivity index (χ0) is 35.6. The molecule has 1 saturated heterocycles. The first kappa shape index (κ1) is 32.6. The molecule has 0 spiro atoms. The molecule has 3 heterocycles. The largest absolute Gasteiger partial charge is 0.361 e. The maximum Gasteiger partial charge on any atom is 0.129 e. The van der Waals surface area contributed by atoms with E-state index >= 15 is 0 Å². The van der Waals surface area contributed by atoms with E-state index in [4.69, 9.17) is 4.99 Å². The highest BCUT2D eigenvalue weighted by atomic mass is 15.3. The predicted molar refractivity (Wildman–Crippen MR) is 220 cm³/mol. The minimum Gasteiger partial charge on any atom is -0.361 e. The molecule has 272 valence electrons. The first-order valence-corrected chi connectivity index (χ1v) is 20.8. The molecule has 2 aromatic carbocycles. The molecule has 6 aliphatic carbocycles. The Bertz CT molecular complexity index is 2110. The van der Waals surface area contributed by atoms with Crippen molar-refractivity contribution in [1.82, 2.24) is 15.5 Å². The van der Waals surface area contributed by atoms with Crippen LogP contribution in [0.4, 0.5) is 5.69 Å². The Morgan fingerprint density at radius 2 is 1.57 bits per heavy atom. The molecule has 5 nitrogen and oxygen atoms in total. The van der Waals surface area contributed by atoms with Crippen molar-refractivity contribution in [2.75, 3.05) is 4.90 Å². The Labute approximate surface area is 320 Å². The normalized spacial score (nSPS) is 35.9. The number of nitrogens with zero attached hydrogens (tertiary/aromatic N) is 3. The lowest BCUT2D eigenvalue weighted by Crippen LogP contribution is -2.51. The lowest BCUT2D eigenvalue weighted by Gasteiger charge is -2.43. The molecule has 9 aliphatic rings. The Balaban J connectivity index is 0.917. The average molecular weight is 710 g/mol. The molecular weight excluding hydrogens is 659 g/mol. The van der Waals surface area contributed by atoms with Crippen LogP contribution in [0.15, 0.2) is 173 Å². The summed E-state index contributed by atoms with van der Waals surface area (Å²) in [6.45, 7) is 0. The van der Waals surface area contributed by atoms with Gasteiger partial charge in [0.05, 0.1) is 18.1 Å². The SMILES string of the molecule is C1=CC(C2N=C(C3CC=CC4=CC(N5C6=C(CCC=C6)C6C7C8C=CCCC8N(c8ccccc8)C7C=CC65)CC=C43)NC(c3ccccc3)N2)=CCC1. The van der Waals surface area contributed by atoms with Crippen molar-refractivity contribution < 1.29 is 0 Å². The zero-order valence-electron chi connectivity index (χ0n) is 31.1. The number of amidine groups is 1. The van der Waals surface area contributed by atoms with E-state index in [1.54, 1.807) is 5.57 Å². The van der Waals surface area contributed by atoms with E-state index in [2.05, 4.69) is 160 Å². The molecule has 0 aromatic heterocycles. The number of benzene rings is 2. The summed E-state index contributed by atoms with van der Waals surface area (Å²) in [5.41, 5.74) is 9.96. The number of allylic oxidation sites excluding steroid dienone is 8. The van der Waals surface area contributed by atoms with Gasteiger partial charge in [0.2, 0.25) is 0 Å². The van der Waals surface area contributed by atoms with E-state index in [1.165, 1.54) is 52.9 Å². The van der Waals surface area contributed by atoms with Gasteiger partial charge in [-0.2, -0.15) is 0 Å². The Kier molecular flexibility index (Phi) is 8.11. The van der Waals surface area contributed by atoms with Crippen molar-refractivity contribution in [1.29, 1.82) is 0 Å². The van der Waals surface area contributed by atoms with Crippen molar-refractivity contribution in [2.45, 2.75) is 87.9 Å². The second-order valence-electron chi connectivity index (χ2n) is 16.7. The fourth-order valence-electron chi connectivity index (χ4n) is 11.6. The van der Waals surface area contributed by atoms with Gasteiger partial charge in [-0.15, -0.1) is 0 Å². The zero-order valence-corrected chi connectivity index (χ0v) is 31.1. The summed E-state index contributed by atoms with van der Waals surface area (Å²) < 4.78 is 0. The third kappa shape index (κ3) is 5.33. The van der Waals surface area contributed by atoms with Gasteiger partial charge in [-0.05, 0) is 103 Å². The summed E-state index contributed by atoms with van der Waals surface area (Å²) in [7, 11) is 0. The molecule has 3 aliphatic heterocycles. The van der Waals surface area contributed by atoms with Gasteiger partial charge in [0.25, 0.3) is 0 Å². The molecule has 1 fully saturated rings. The van der Waals surface area contributed by atoms with Crippen molar-refractivity contribution in [2.24, 2.45) is 28.7 Å². The number of rotatable bonds is 5. The van der Waals surface area contributed by atoms with Crippen LogP contribution in [0.3, 0.4) is 0 Å². The molecule has 0 radical (unpaired) electrons. The maximum absolute atomic E-state index is 5.42. The van der Waals surface area contributed by atoms with E-state index in [9.17, 15) is 0 Å². The highest BCUT2D eigenvalue weighted by Crippen LogP contribution is 2.57. The molecule has 10 unspecified atom stereocenters. The smallest absolute Gasteiger partial charge is 0.129 e. The molecule has 54 heavy (non-hydrogen) atoms. The van der Waals surface area contributed by atoms with Crippen LogP contribution >= 0.6 is 0 Å². The Morgan fingerprint density at radius 1 is 0.722 bits per heavy atom. The molecule has 0 saturated carbocycles. The third-order valence-electron chi connectivity index (χ3n) is 13.9. The van der Waals surface area contributed by atoms with Crippen LogP contribution in [0.2, 0.25) is 0 Å². The topological polar surface area (TPSA) is 42.9 Å². The molecule has 0 bridgehead atoms. The second-order valence-corrected chi connectivity index (χ2v) is 16.7. The van der Waals surface area contributed by atoms with Crippen LogP contribution in [-0.4, -0.2) is 41.1 Å². The van der Waals surface area contributed by atoms with Gasteiger partial charge in [0, 0.05) is 35.2 Å². The van der Waals surface area contributed by atoms with Crippen molar-refractivity contribution in [3.05, 3.63) is 173 Å². The molecule has 2 N–H and O–H groups in total. The Hall–Kier alpha value is -4.87. The monoisotopic (exact) mass is 709 g/mol.